The Morgan fingerprint density at radius 2 is 1.72 bits per heavy atom. The molecule has 4 rings (SSSR count). The van der Waals surface area contributed by atoms with E-state index in [1.54, 1.807) is 30.3 Å². The van der Waals surface area contributed by atoms with Crippen LogP contribution in [-0.4, -0.2) is 5.91 Å². The normalized spacial score (nSPS) is 10.9. The molecule has 25 heavy (non-hydrogen) atoms. The van der Waals surface area contributed by atoms with Gasteiger partial charge in [0.1, 0.15) is 11.1 Å². The van der Waals surface area contributed by atoms with Gasteiger partial charge >= 0.3 is 5.63 Å². The Bertz CT molecular complexity index is 1180. The number of benzene rings is 3. The maximum atomic E-state index is 12.6. The third kappa shape index (κ3) is 2.94. The fourth-order valence-electron chi connectivity index (χ4n) is 2.78. The zero-order valence-corrected chi connectivity index (χ0v) is 14.5. The number of nitrogens with one attached hydrogen (secondary N) is 1. The molecule has 0 fully saturated rings. The summed E-state index contributed by atoms with van der Waals surface area (Å²) >= 11 is 3.37. The van der Waals surface area contributed by atoms with Crippen LogP contribution in [0.4, 0.5) is 5.69 Å². The summed E-state index contributed by atoms with van der Waals surface area (Å²) in [5.41, 5.74) is 0.401. The van der Waals surface area contributed by atoms with Crippen LogP contribution in [0.3, 0.4) is 0 Å². The van der Waals surface area contributed by atoms with Gasteiger partial charge in [0.05, 0.1) is 0 Å². The van der Waals surface area contributed by atoms with E-state index < -0.39 is 11.5 Å². The fraction of sp³-hybridized carbons (Fsp3) is 0. The molecule has 0 atom stereocenters. The average molecular weight is 394 g/mol. The first kappa shape index (κ1) is 15.6. The minimum Gasteiger partial charge on any atom is -0.422 e. The van der Waals surface area contributed by atoms with E-state index in [1.807, 2.05) is 36.4 Å². The maximum absolute atomic E-state index is 12.6. The van der Waals surface area contributed by atoms with Crippen molar-refractivity contribution < 1.29 is 9.21 Å². The average Bonchev–Trinajstić information content (AvgIpc) is 2.62. The summed E-state index contributed by atoms with van der Waals surface area (Å²) in [6.45, 7) is 0. The van der Waals surface area contributed by atoms with Crippen LogP contribution >= 0.6 is 15.9 Å². The van der Waals surface area contributed by atoms with Gasteiger partial charge in [-0.05, 0) is 35.7 Å². The van der Waals surface area contributed by atoms with Crippen molar-refractivity contribution in [2.45, 2.75) is 0 Å². The molecule has 1 N–H and O–H groups in total. The number of hydrogen-bond donors (Lipinski definition) is 1. The number of hydrogen-bond acceptors (Lipinski definition) is 3. The van der Waals surface area contributed by atoms with Gasteiger partial charge in [0, 0.05) is 20.9 Å². The zero-order chi connectivity index (χ0) is 17.4. The van der Waals surface area contributed by atoms with Gasteiger partial charge < -0.3 is 9.73 Å². The lowest BCUT2D eigenvalue weighted by Crippen LogP contribution is -2.20. The molecule has 0 aliphatic heterocycles. The van der Waals surface area contributed by atoms with E-state index >= 15 is 0 Å². The summed E-state index contributed by atoms with van der Waals surface area (Å²) in [5, 5.41) is 5.41. The van der Waals surface area contributed by atoms with E-state index in [0.29, 0.717) is 16.7 Å². The Balaban J connectivity index is 1.77. The summed E-state index contributed by atoms with van der Waals surface area (Å²) in [6, 6.07) is 20.2. The van der Waals surface area contributed by atoms with Crippen molar-refractivity contribution >= 4 is 49.3 Å². The standard InChI is InChI=1S/C20H12BrNO3/c21-14-8-9-18-13(10-14)11-16(20(24)25-18)19(23)22-17-7-3-5-12-4-1-2-6-15(12)17/h1-11H,(H,22,23). The van der Waals surface area contributed by atoms with Gasteiger partial charge in [-0.25, -0.2) is 4.79 Å². The van der Waals surface area contributed by atoms with Crippen molar-refractivity contribution in [3.05, 3.63) is 87.2 Å². The van der Waals surface area contributed by atoms with Crippen LogP contribution in [0.15, 0.2) is 80.4 Å². The molecule has 0 saturated heterocycles. The quantitative estimate of drug-likeness (QED) is 0.489. The first-order chi connectivity index (χ1) is 12.1. The molecule has 5 heteroatoms. The van der Waals surface area contributed by atoms with Crippen molar-refractivity contribution in [1.29, 1.82) is 0 Å². The number of carbonyl (C=O) groups is 1. The second kappa shape index (κ2) is 6.18. The number of anilines is 1. The van der Waals surface area contributed by atoms with E-state index in [1.165, 1.54) is 0 Å². The van der Waals surface area contributed by atoms with E-state index in [9.17, 15) is 9.59 Å². The summed E-state index contributed by atoms with van der Waals surface area (Å²) in [5.74, 6) is -0.494. The molecule has 122 valence electrons. The smallest absolute Gasteiger partial charge is 0.349 e. The lowest BCUT2D eigenvalue weighted by Gasteiger charge is -2.08. The molecule has 0 radical (unpaired) electrons. The first-order valence-electron chi connectivity index (χ1n) is 7.64. The van der Waals surface area contributed by atoms with Crippen molar-refractivity contribution in [2.75, 3.05) is 5.32 Å². The fourth-order valence-corrected chi connectivity index (χ4v) is 3.16. The second-order valence-corrected chi connectivity index (χ2v) is 6.53. The molecule has 0 aliphatic rings. The zero-order valence-electron chi connectivity index (χ0n) is 13.0. The molecule has 0 bridgehead atoms. The minimum atomic E-state index is -0.660. The molecule has 0 aliphatic carbocycles. The minimum absolute atomic E-state index is 0.0291. The largest absolute Gasteiger partial charge is 0.422 e. The number of halogens is 1. The molecular weight excluding hydrogens is 382 g/mol. The molecule has 3 aromatic carbocycles. The second-order valence-electron chi connectivity index (χ2n) is 5.61. The molecule has 4 aromatic rings. The van der Waals surface area contributed by atoms with Gasteiger partial charge in [-0.2, -0.15) is 0 Å². The Morgan fingerprint density at radius 1 is 0.920 bits per heavy atom. The van der Waals surface area contributed by atoms with Crippen molar-refractivity contribution in [3.63, 3.8) is 0 Å². The first-order valence-corrected chi connectivity index (χ1v) is 8.44. The van der Waals surface area contributed by atoms with E-state index in [-0.39, 0.29) is 5.56 Å². The summed E-state index contributed by atoms with van der Waals surface area (Å²) < 4.78 is 6.10. The van der Waals surface area contributed by atoms with Gasteiger partial charge in [-0.15, -0.1) is 0 Å². The Morgan fingerprint density at radius 3 is 2.60 bits per heavy atom. The molecule has 4 nitrogen and oxygen atoms in total. The molecular formula is C20H12BrNO3. The third-order valence-corrected chi connectivity index (χ3v) is 4.47. The van der Waals surface area contributed by atoms with Crippen LogP contribution in [0.5, 0.6) is 0 Å². The highest BCUT2D eigenvalue weighted by Crippen LogP contribution is 2.24. The molecule has 0 unspecified atom stereocenters. The van der Waals surface area contributed by atoms with E-state index in [2.05, 4.69) is 21.2 Å². The van der Waals surface area contributed by atoms with Gasteiger partial charge in [0.15, 0.2) is 0 Å². The van der Waals surface area contributed by atoms with Crippen LogP contribution in [0.25, 0.3) is 21.7 Å². The highest BCUT2D eigenvalue weighted by atomic mass is 79.9. The molecule has 1 aromatic heterocycles. The van der Waals surface area contributed by atoms with Crippen LogP contribution in [0, 0.1) is 0 Å². The van der Waals surface area contributed by atoms with E-state index in [4.69, 9.17) is 4.42 Å². The van der Waals surface area contributed by atoms with Crippen LogP contribution < -0.4 is 10.9 Å². The molecule has 0 saturated carbocycles. The van der Waals surface area contributed by atoms with Gasteiger partial charge in [0.2, 0.25) is 0 Å². The summed E-state index contributed by atoms with van der Waals surface area (Å²) in [4.78, 5) is 24.8. The molecule has 0 spiro atoms. The van der Waals surface area contributed by atoms with Crippen molar-refractivity contribution in [1.82, 2.24) is 0 Å². The predicted molar refractivity (Wildman–Crippen MR) is 102 cm³/mol. The summed E-state index contributed by atoms with van der Waals surface area (Å²) in [7, 11) is 0. The lowest BCUT2D eigenvalue weighted by atomic mass is 10.1. The Labute approximate surface area is 151 Å². The SMILES string of the molecule is O=C(Nc1cccc2ccccc12)c1cc2cc(Br)ccc2oc1=O. The monoisotopic (exact) mass is 393 g/mol. The van der Waals surface area contributed by atoms with Crippen LogP contribution in [0.1, 0.15) is 10.4 Å². The highest BCUT2D eigenvalue weighted by molar-refractivity contribution is 9.10. The number of rotatable bonds is 2. The van der Waals surface area contributed by atoms with Gasteiger partial charge in [-0.3, -0.25) is 4.79 Å². The third-order valence-electron chi connectivity index (χ3n) is 3.98. The van der Waals surface area contributed by atoms with Gasteiger partial charge in [-0.1, -0.05) is 52.3 Å². The van der Waals surface area contributed by atoms with E-state index in [0.717, 1.165) is 15.2 Å². The predicted octanol–water partition coefficient (Wildman–Crippen LogP) is 4.96. The summed E-state index contributed by atoms with van der Waals surface area (Å²) in [6.07, 6.45) is 0. The highest BCUT2D eigenvalue weighted by Gasteiger charge is 2.15. The van der Waals surface area contributed by atoms with Gasteiger partial charge in [0.25, 0.3) is 5.91 Å². The topological polar surface area (TPSA) is 59.3 Å². The maximum Gasteiger partial charge on any atom is 0.349 e. The Kier molecular flexibility index (Phi) is 3.86. The molecule has 1 amide bonds. The number of amides is 1. The lowest BCUT2D eigenvalue weighted by molar-refractivity contribution is 0.102. The molecule has 1 heterocycles. The number of carbonyl (C=O) groups excluding carboxylic acids is 1. The van der Waals surface area contributed by atoms with Crippen molar-refractivity contribution in [2.24, 2.45) is 0 Å². The van der Waals surface area contributed by atoms with Crippen LogP contribution in [-0.2, 0) is 0 Å². The number of fused-ring (bicyclic) bond motifs is 2. The van der Waals surface area contributed by atoms with Crippen LogP contribution in [0.2, 0.25) is 0 Å². The van der Waals surface area contributed by atoms with Crippen molar-refractivity contribution in [3.8, 4) is 0 Å². The Hall–Kier alpha value is -2.92.